The van der Waals surface area contributed by atoms with Crippen LogP contribution in [0.25, 0.3) is 0 Å². The molecule has 0 bridgehead atoms. The summed E-state index contributed by atoms with van der Waals surface area (Å²) in [5, 5.41) is 130. The van der Waals surface area contributed by atoms with Crippen LogP contribution in [0.5, 0.6) is 0 Å². The molecule has 5 rings (SSSR count). The largest absolute Gasteiger partial charge is 0.469 e. The van der Waals surface area contributed by atoms with E-state index in [1.165, 1.54) is 27.9 Å². The summed E-state index contributed by atoms with van der Waals surface area (Å²) in [5.41, 5.74) is 0. The number of unbranched alkanes of at least 4 members (excludes halogenated alkanes) is 8. The molecule has 0 aromatic heterocycles. The van der Waals surface area contributed by atoms with Crippen LogP contribution in [0.4, 0.5) is 0 Å². The molecule has 5 aliphatic heterocycles. The van der Waals surface area contributed by atoms with Gasteiger partial charge in [-0.15, -0.1) is 0 Å². The molecule has 0 aromatic rings. The summed E-state index contributed by atoms with van der Waals surface area (Å²) in [6.45, 7) is 7.22. The Kier molecular flexibility index (Phi) is 24.4. The molecule has 0 saturated carbocycles. The second kappa shape index (κ2) is 28.6. The number of hydrogen-bond donors (Lipinski definition) is 12. The van der Waals surface area contributed by atoms with E-state index < -0.39 is 160 Å². The van der Waals surface area contributed by atoms with Crippen LogP contribution in [0.3, 0.4) is 0 Å². The molecule has 5 fully saturated rings. The number of aliphatic hydroxyl groups is 12. The molecule has 12 N–H and O–H groups in total. The molecule has 0 unspecified atom stereocenters. The van der Waals surface area contributed by atoms with Crippen molar-refractivity contribution in [3.8, 4) is 0 Å². The highest BCUT2D eigenvalue weighted by Crippen LogP contribution is 2.37. The first kappa shape index (κ1) is 60.5. The second-order valence-electron chi connectivity index (χ2n) is 19.7. The second-order valence-corrected chi connectivity index (χ2v) is 19.7. The lowest BCUT2D eigenvalue weighted by molar-refractivity contribution is -0.398. The van der Waals surface area contributed by atoms with Crippen LogP contribution in [0.15, 0.2) is 0 Å². The molecule has 0 spiro atoms. The summed E-state index contributed by atoms with van der Waals surface area (Å²) >= 11 is 0. The fraction of sp³-hybridized carbons (Fsp3) is 0.979. The molecule has 0 aromatic carbocycles. The van der Waals surface area contributed by atoms with Crippen LogP contribution in [0.1, 0.15) is 118 Å². The third-order valence-electron chi connectivity index (χ3n) is 14.2. The van der Waals surface area contributed by atoms with E-state index >= 15 is 0 Å². The molecule has 5 heterocycles. The molecule has 5 saturated heterocycles. The topological polar surface area (TPSA) is 361 Å². The Morgan fingerprint density at radius 2 is 0.845 bits per heavy atom. The van der Waals surface area contributed by atoms with Gasteiger partial charge in [-0.3, -0.25) is 4.79 Å². The van der Waals surface area contributed by atoms with Gasteiger partial charge in [-0.25, -0.2) is 0 Å². The van der Waals surface area contributed by atoms with E-state index in [2.05, 4.69) is 6.92 Å². The minimum absolute atomic E-state index is 0.195. The normalized spacial score (nSPS) is 44.8. The van der Waals surface area contributed by atoms with Gasteiger partial charge >= 0.3 is 5.97 Å². The first-order valence-corrected chi connectivity index (χ1v) is 25.4. The van der Waals surface area contributed by atoms with E-state index in [4.69, 9.17) is 52.1 Å². The van der Waals surface area contributed by atoms with Gasteiger partial charge in [-0.05, 0) is 47.0 Å². The number of methoxy groups -OCH3 is 1. The number of carbonyl (C=O) groups excluding carboxylic acids is 1. The molecule has 416 valence electrons. The molecule has 5 aliphatic rings. The van der Waals surface area contributed by atoms with Crippen LogP contribution >= 0.6 is 0 Å². The fourth-order valence-corrected chi connectivity index (χ4v) is 9.70. The predicted octanol–water partition coefficient (Wildman–Crippen LogP) is -2.16. The van der Waals surface area contributed by atoms with Crippen LogP contribution in [0.2, 0.25) is 0 Å². The van der Waals surface area contributed by atoms with Crippen LogP contribution in [0, 0.1) is 0 Å². The van der Waals surface area contributed by atoms with Gasteiger partial charge in [0.1, 0.15) is 97.7 Å². The quantitative estimate of drug-likeness (QED) is 0.0342. The van der Waals surface area contributed by atoms with Gasteiger partial charge in [0.25, 0.3) is 0 Å². The van der Waals surface area contributed by atoms with Gasteiger partial charge in [0, 0.05) is 6.42 Å². The van der Waals surface area contributed by atoms with Crippen molar-refractivity contribution in [2.45, 2.75) is 278 Å². The lowest BCUT2D eigenvalue weighted by Crippen LogP contribution is -2.67. The van der Waals surface area contributed by atoms with Crippen molar-refractivity contribution >= 4 is 5.97 Å². The smallest absolute Gasteiger partial charge is 0.305 e. The molecule has 0 amide bonds. The highest BCUT2D eigenvalue weighted by molar-refractivity contribution is 5.68. The summed E-state index contributed by atoms with van der Waals surface area (Å²) in [6, 6.07) is 0. The summed E-state index contributed by atoms with van der Waals surface area (Å²) in [7, 11) is 1.39. The Bertz CT molecular complexity index is 1530. The Labute approximate surface area is 414 Å². The summed E-state index contributed by atoms with van der Waals surface area (Å²) in [5.74, 6) is -0.195. The van der Waals surface area contributed by atoms with Crippen molar-refractivity contribution in [2.24, 2.45) is 0 Å². The van der Waals surface area contributed by atoms with E-state index in [0.29, 0.717) is 6.42 Å². The average Bonchev–Trinajstić information content (AvgIpc) is 3.34. The monoisotopic (exact) mass is 1030 g/mol. The van der Waals surface area contributed by atoms with Crippen molar-refractivity contribution in [2.75, 3.05) is 13.7 Å². The summed E-state index contributed by atoms with van der Waals surface area (Å²) < 4.78 is 64.3. The van der Waals surface area contributed by atoms with Crippen molar-refractivity contribution < 1.29 is 118 Å². The minimum Gasteiger partial charge on any atom is -0.469 e. The van der Waals surface area contributed by atoms with E-state index in [0.717, 1.165) is 77.0 Å². The van der Waals surface area contributed by atoms with Crippen molar-refractivity contribution in [3.63, 3.8) is 0 Å². The van der Waals surface area contributed by atoms with Gasteiger partial charge < -0.3 is 113 Å². The molecule has 24 nitrogen and oxygen atoms in total. The molecule has 26 atom stereocenters. The van der Waals surface area contributed by atoms with E-state index in [1.54, 1.807) is 6.92 Å². The first-order chi connectivity index (χ1) is 33.7. The van der Waals surface area contributed by atoms with Crippen LogP contribution < -0.4 is 0 Å². The lowest BCUT2D eigenvalue weighted by Gasteiger charge is -2.50. The summed E-state index contributed by atoms with van der Waals surface area (Å²) in [6.07, 6.45) is -27.5. The van der Waals surface area contributed by atoms with Crippen molar-refractivity contribution in [1.82, 2.24) is 0 Å². The van der Waals surface area contributed by atoms with Gasteiger partial charge in [-0.1, -0.05) is 64.7 Å². The van der Waals surface area contributed by atoms with E-state index in [-0.39, 0.29) is 12.1 Å². The summed E-state index contributed by atoms with van der Waals surface area (Å²) in [4.78, 5) is 11.3. The number of hydrogen-bond acceptors (Lipinski definition) is 24. The molecule has 0 radical (unpaired) electrons. The zero-order valence-corrected chi connectivity index (χ0v) is 41.7. The van der Waals surface area contributed by atoms with E-state index in [9.17, 15) is 66.1 Å². The van der Waals surface area contributed by atoms with Gasteiger partial charge in [0.15, 0.2) is 31.5 Å². The van der Waals surface area contributed by atoms with Gasteiger partial charge in [0.05, 0.1) is 44.2 Å². The first-order valence-electron chi connectivity index (χ1n) is 25.4. The third kappa shape index (κ3) is 15.6. The Balaban J connectivity index is 1.20. The number of aliphatic hydroxyl groups excluding tert-OH is 12. The zero-order valence-electron chi connectivity index (χ0n) is 41.7. The molecule has 0 aliphatic carbocycles. The van der Waals surface area contributed by atoms with Crippen LogP contribution in [-0.4, -0.2) is 241 Å². The van der Waals surface area contributed by atoms with Crippen molar-refractivity contribution in [3.05, 3.63) is 0 Å². The predicted molar refractivity (Wildman–Crippen MR) is 241 cm³/mol. The third-order valence-corrected chi connectivity index (χ3v) is 14.2. The van der Waals surface area contributed by atoms with Gasteiger partial charge in [-0.2, -0.15) is 0 Å². The lowest BCUT2D eigenvalue weighted by atomic mass is 9.95. The molecule has 24 heteroatoms. The minimum atomic E-state index is -1.94. The molecule has 71 heavy (non-hydrogen) atoms. The SMILES string of the molecule is CCCCC[C@@H](CCCCCCCCCC(=O)OC)O[C@@H]1O[C@@H](C)[C@H](O[C@@H]2O[C@@H](C)[C@H](O[C@@H]3O[C@@H](C)[C@H](O[C@@H]4O[C@@H](C)[C@H](O)[C@@H](O)[C@H]4O)[C@@H](O[C@@H]4O[C@H](CO)[C@@H](O)[C@H](O)[C@H]4O)[C@H]3O)[C@@H](O)[C@H]2O)[C@@H](O)[C@H]1O. The molecular weight excluding hydrogens is 948 g/mol. The Hall–Kier alpha value is -1.41. The number of rotatable bonds is 25. The Morgan fingerprint density at radius 1 is 0.437 bits per heavy atom. The fourth-order valence-electron chi connectivity index (χ4n) is 9.70. The highest BCUT2D eigenvalue weighted by atomic mass is 16.8. The number of esters is 1. The van der Waals surface area contributed by atoms with Crippen molar-refractivity contribution in [1.29, 1.82) is 0 Å². The average molecular weight is 1030 g/mol. The Morgan fingerprint density at radius 3 is 1.39 bits per heavy atom. The maximum Gasteiger partial charge on any atom is 0.305 e. The standard InChI is InChI=1S/C47H84O24/c1-7-8-14-17-25(18-15-12-10-9-11-13-16-19-27(49)61-6)66-43-36(58)32(54)39(22(3)63-43)68-45-37(59)33(55)40(23(4)64-45)69-47-38(60)42(71-46-35(57)31(53)29(51)26(20-48)67-46)41(24(5)65-47)70-44-34(56)30(52)28(50)21(2)62-44/h21-26,28-48,50-60H,7-20H2,1-6H3/t21-,22-,23-,24-,25-,26+,28-,29+,30+,31-,32-,33-,34+,35+,36+,37+,38+,39-,40-,41-,42-,43-,44-,45-,46-,47-/m0/s1. The maximum atomic E-state index is 11.8. The van der Waals surface area contributed by atoms with Gasteiger partial charge in [0.2, 0.25) is 0 Å². The zero-order chi connectivity index (χ0) is 52.3. The maximum absolute atomic E-state index is 11.8. The number of carbonyl (C=O) groups is 1. The van der Waals surface area contributed by atoms with Crippen LogP contribution in [-0.2, 0) is 56.9 Å². The van der Waals surface area contributed by atoms with E-state index in [1.807, 2.05) is 0 Å². The number of ether oxygens (including phenoxy) is 11. The highest BCUT2D eigenvalue weighted by Gasteiger charge is 2.56. The molecular formula is C47H84O24.